The number of hydrogen-bond donors (Lipinski definition) is 2. The second-order valence-electron chi connectivity index (χ2n) is 4.37. The SMILES string of the molecule is C=C(C)C(=O)NC1=CC(C(=O)[O-])C(O)(C(C)=O)C=C1.[Na+]. The van der Waals surface area contributed by atoms with Gasteiger partial charge in [-0.1, -0.05) is 6.58 Å². The number of carbonyl (C=O) groups is 3. The van der Waals surface area contributed by atoms with E-state index in [-0.39, 0.29) is 40.8 Å². The number of carboxylic acid groups (broad SMARTS) is 1. The summed E-state index contributed by atoms with van der Waals surface area (Å²) < 4.78 is 0. The van der Waals surface area contributed by atoms with Gasteiger partial charge in [0.25, 0.3) is 5.91 Å². The van der Waals surface area contributed by atoms with Crippen molar-refractivity contribution in [3.8, 4) is 0 Å². The van der Waals surface area contributed by atoms with Crippen molar-refractivity contribution in [2.75, 3.05) is 0 Å². The number of nitrogens with one attached hydrogen (secondary N) is 1. The van der Waals surface area contributed by atoms with Gasteiger partial charge in [-0.15, -0.1) is 0 Å². The zero-order chi connectivity index (χ0) is 14.8. The van der Waals surface area contributed by atoms with E-state index in [1.165, 1.54) is 13.0 Å². The maximum atomic E-state index is 11.4. The number of hydrogen-bond acceptors (Lipinski definition) is 5. The smallest absolute Gasteiger partial charge is 0.549 e. The Kier molecular flexibility index (Phi) is 6.56. The number of carbonyl (C=O) groups excluding carboxylic acids is 3. The van der Waals surface area contributed by atoms with Crippen molar-refractivity contribution in [2.24, 2.45) is 5.92 Å². The molecule has 0 radical (unpaired) electrons. The second kappa shape index (κ2) is 6.99. The third-order valence-corrected chi connectivity index (χ3v) is 2.80. The van der Waals surface area contributed by atoms with Gasteiger partial charge in [0, 0.05) is 11.3 Å². The van der Waals surface area contributed by atoms with Gasteiger partial charge in [0.1, 0.15) is 0 Å². The van der Waals surface area contributed by atoms with Crippen LogP contribution in [0.4, 0.5) is 0 Å². The van der Waals surface area contributed by atoms with Gasteiger partial charge in [0.15, 0.2) is 11.4 Å². The Morgan fingerprint density at radius 3 is 2.35 bits per heavy atom. The zero-order valence-electron chi connectivity index (χ0n) is 11.6. The molecular formula is C13H14NNaO5. The molecule has 2 unspecified atom stereocenters. The third-order valence-electron chi connectivity index (χ3n) is 2.80. The molecule has 0 aliphatic heterocycles. The summed E-state index contributed by atoms with van der Waals surface area (Å²) in [5, 5.41) is 23.4. The summed E-state index contributed by atoms with van der Waals surface area (Å²) in [4.78, 5) is 33.8. The largest absolute Gasteiger partial charge is 1.00 e. The van der Waals surface area contributed by atoms with Gasteiger partial charge in [0.2, 0.25) is 0 Å². The minimum absolute atomic E-state index is 0. The molecule has 102 valence electrons. The minimum Gasteiger partial charge on any atom is -0.549 e. The Bertz CT molecular complexity index is 523. The molecule has 0 aromatic heterocycles. The van der Waals surface area contributed by atoms with Gasteiger partial charge in [0.05, 0.1) is 11.9 Å². The van der Waals surface area contributed by atoms with Crippen LogP contribution in [0.1, 0.15) is 13.8 Å². The predicted molar refractivity (Wildman–Crippen MR) is 64.3 cm³/mol. The van der Waals surface area contributed by atoms with Crippen LogP contribution in [0.2, 0.25) is 0 Å². The molecule has 6 nitrogen and oxygen atoms in total. The molecule has 0 spiro atoms. The van der Waals surface area contributed by atoms with Crippen LogP contribution < -0.4 is 40.0 Å². The summed E-state index contributed by atoms with van der Waals surface area (Å²) in [5.41, 5.74) is -1.75. The molecule has 7 heteroatoms. The topological polar surface area (TPSA) is 107 Å². The average Bonchev–Trinajstić information content (AvgIpc) is 2.30. The molecule has 2 atom stereocenters. The van der Waals surface area contributed by atoms with E-state index in [9.17, 15) is 24.6 Å². The maximum absolute atomic E-state index is 11.4. The first-order chi connectivity index (χ1) is 8.68. The van der Waals surface area contributed by atoms with E-state index < -0.39 is 29.2 Å². The molecule has 0 heterocycles. The van der Waals surface area contributed by atoms with Crippen LogP contribution in [0.5, 0.6) is 0 Å². The minimum atomic E-state index is -2.16. The van der Waals surface area contributed by atoms with E-state index in [1.54, 1.807) is 0 Å². The number of carboxylic acids is 1. The maximum Gasteiger partial charge on any atom is 1.00 e. The van der Waals surface area contributed by atoms with Crippen LogP contribution in [-0.4, -0.2) is 28.4 Å². The average molecular weight is 287 g/mol. The molecule has 1 aliphatic rings. The molecule has 1 aliphatic carbocycles. The van der Waals surface area contributed by atoms with Crippen molar-refractivity contribution in [3.05, 3.63) is 36.1 Å². The molecule has 20 heavy (non-hydrogen) atoms. The second-order valence-corrected chi connectivity index (χ2v) is 4.37. The normalized spacial score (nSPS) is 24.1. The quantitative estimate of drug-likeness (QED) is 0.403. The number of ketones is 1. The van der Waals surface area contributed by atoms with E-state index in [2.05, 4.69) is 11.9 Å². The van der Waals surface area contributed by atoms with E-state index in [4.69, 9.17) is 0 Å². The number of allylic oxidation sites excluding steroid dienone is 1. The molecule has 1 rings (SSSR count). The van der Waals surface area contributed by atoms with E-state index >= 15 is 0 Å². The standard InChI is InChI=1S/C13H15NO5.Na/c1-7(2)11(16)14-9-4-5-13(19,8(3)15)10(6-9)12(17)18;/h4-6,10,19H,1H2,2-3H3,(H,14,16)(H,17,18);/q;+1/p-1. The Morgan fingerprint density at radius 1 is 1.40 bits per heavy atom. The first-order valence-electron chi connectivity index (χ1n) is 5.50. The number of aliphatic hydroxyl groups is 1. The molecule has 0 bridgehead atoms. The van der Waals surface area contributed by atoms with E-state index in [0.717, 1.165) is 19.1 Å². The summed E-state index contributed by atoms with van der Waals surface area (Å²) in [6, 6.07) is 0. The first-order valence-corrected chi connectivity index (χ1v) is 5.50. The van der Waals surface area contributed by atoms with Crippen LogP contribution >= 0.6 is 0 Å². The van der Waals surface area contributed by atoms with Crippen molar-refractivity contribution < 1.29 is 54.2 Å². The molecule has 2 N–H and O–H groups in total. The monoisotopic (exact) mass is 287 g/mol. The Hall–Kier alpha value is -1.21. The molecule has 0 fully saturated rings. The van der Waals surface area contributed by atoms with Crippen LogP contribution in [-0.2, 0) is 14.4 Å². The van der Waals surface area contributed by atoms with Crippen LogP contribution in [0, 0.1) is 5.92 Å². The number of aliphatic carboxylic acids is 1. The van der Waals surface area contributed by atoms with Crippen molar-refractivity contribution in [1.29, 1.82) is 0 Å². The summed E-state index contributed by atoms with van der Waals surface area (Å²) in [6.07, 6.45) is 3.36. The van der Waals surface area contributed by atoms with Crippen molar-refractivity contribution in [2.45, 2.75) is 19.4 Å². The summed E-state index contributed by atoms with van der Waals surface area (Å²) in [7, 11) is 0. The van der Waals surface area contributed by atoms with Crippen LogP contribution in [0.25, 0.3) is 0 Å². The van der Waals surface area contributed by atoms with Crippen LogP contribution in [0.15, 0.2) is 36.1 Å². The molecular weight excluding hydrogens is 273 g/mol. The number of amides is 1. The summed E-state index contributed by atoms with van der Waals surface area (Å²) in [6.45, 7) is 6.00. The molecule has 1 amide bonds. The van der Waals surface area contributed by atoms with Gasteiger partial charge in [-0.3, -0.25) is 9.59 Å². The van der Waals surface area contributed by atoms with Crippen molar-refractivity contribution in [1.82, 2.24) is 5.32 Å². The summed E-state index contributed by atoms with van der Waals surface area (Å²) in [5.74, 6) is -4.37. The third kappa shape index (κ3) is 3.89. The summed E-state index contributed by atoms with van der Waals surface area (Å²) >= 11 is 0. The van der Waals surface area contributed by atoms with Crippen LogP contribution in [0.3, 0.4) is 0 Å². The molecule has 0 aromatic carbocycles. The van der Waals surface area contributed by atoms with Gasteiger partial charge >= 0.3 is 29.6 Å². The van der Waals surface area contributed by atoms with Gasteiger partial charge < -0.3 is 20.3 Å². The van der Waals surface area contributed by atoms with E-state index in [1.807, 2.05) is 0 Å². The Morgan fingerprint density at radius 2 is 1.95 bits per heavy atom. The molecule has 0 aromatic rings. The fraction of sp³-hybridized carbons (Fsp3) is 0.308. The Labute approximate surface area is 138 Å². The van der Waals surface area contributed by atoms with E-state index in [0.29, 0.717) is 0 Å². The molecule has 0 saturated carbocycles. The fourth-order valence-electron chi connectivity index (χ4n) is 1.59. The Balaban J connectivity index is 0.00000361. The van der Waals surface area contributed by atoms with Gasteiger partial charge in [-0.2, -0.15) is 0 Å². The first kappa shape index (κ1) is 18.8. The van der Waals surface area contributed by atoms with Gasteiger partial charge in [-0.25, -0.2) is 0 Å². The molecule has 0 saturated heterocycles. The van der Waals surface area contributed by atoms with Crippen molar-refractivity contribution >= 4 is 17.7 Å². The van der Waals surface area contributed by atoms with Gasteiger partial charge in [-0.05, 0) is 32.1 Å². The number of rotatable bonds is 4. The fourth-order valence-corrected chi connectivity index (χ4v) is 1.59. The zero-order valence-corrected chi connectivity index (χ0v) is 13.6. The van der Waals surface area contributed by atoms with Crippen molar-refractivity contribution in [3.63, 3.8) is 0 Å². The predicted octanol–water partition coefficient (Wildman–Crippen LogP) is -4.18. The number of Topliss-reactive ketones (excluding diaryl/α,β-unsaturated/α-hetero) is 1.